The molecule has 0 unspecified atom stereocenters. The molecule has 0 bridgehead atoms. The highest BCUT2D eigenvalue weighted by molar-refractivity contribution is 7.11. The van der Waals surface area contributed by atoms with Crippen LogP contribution in [-0.4, -0.2) is 24.8 Å². The molecule has 1 fully saturated rings. The zero-order chi connectivity index (χ0) is 16.7. The number of thiazole rings is 1. The molecule has 0 radical (unpaired) electrons. The van der Waals surface area contributed by atoms with E-state index in [0.717, 1.165) is 33.3 Å². The maximum atomic E-state index is 14.1. The van der Waals surface area contributed by atoms with E-state index in [4.69, 9.17) is 4.74 Å². The topological polar surface area (TPSA) is 74.8 Å². The van der Waals surface area contributed by atoms with E-state index >= 15 is 0 Å². The first-order valence-corrected chi connectivity index (χ1v) is 8.35. The van der Waals surface area contributed by atoms with Crippen LogP contribution < -0.4 is 10.4 Å². The van der Waals surface area contributed by atoms with Crippen LogP contribution >= 0.6 is 11.3 Å². The van der Waals surface area contributed by atoms with Gasteiger partial charge in [-0.05, 0) is 40.8 Å². The minimum atomic E-state index is -0.433. The van der Waals surface area contributed by atoms with Crippen molar-refractivity contribution in [1.82, 2.24) is 24.8 Å². The van der Waals surface area contributed by atoms with E-state index in [-0.39, 0.29) is 6.61 Å². The van der Waals surface area contributed by atoms with Gasteiger partial charge in [0.05, 0.1) is 5.69 Å². The monoisotopic (exact) mass is 347 g/mol. The lowest BCUT2D eigenvalue weighted by Crippen LogP contribution is -2.23. The van der Waals surface area contributed by atoms with E-state index in [1.54, 1.807) is 6.20 Å². The van der Waals surface area contributed by atoms with Crippen LogP contribution in [0.3, 0.4) is 0 Å². The van der Waals surface area contributed by atoms with Crippen LogP contribution in [0.15, 0.2) is 28.5 Å². The Morgan fingerprint density at radius 3 is 2.83 bits per heavy atom. The number of hydrogen-bond donors (Lipinski definition) is 0. The molecule has 0 saturated heterocycles. The first kappa shape index (κ1) is 15.0. The molecule has 0 N–H and O–H groups in total. The number of tetrazole rings is 1. The molecule has 0 aliphatic heterocycles. The van der Waals surface area contributed by atoms with Crippen molar-refractivity contribution in [1.29, 1.82) is 0 Å². The number of aryl methyl sites for hydroxylation is 1. The van der Waals surface area contributed by atoms with Gasteiger partial charge in [-0.25, -0.2) is 14.2 Å². The van der Waals surface area contributed by atoms with Gasteiger partial charge in [-0.15, -0.1) is 0 Å². The molecule has 24 heavy (non-hydrogen) atoms. The number of hydrogen-bond acceptors (Lipinski definition) is 6. The Morgan fingerprint density at radius 1 is 1.38 bits per heavy atom. The summed E-state index contributed by atoms with van der Waals surface area (Å²) in [5.74, 6) is -0.107. The number of rotatable bonds is 5. The summed E-state index contributed by atoms with van der Waals surface area (Å²) in [4.78, 5) is 16.3. The minimum Gasteiger partial charge on any atom is -0.465 e. The molecule has 1 aliphatic carbocycles. The fraction of sp³-hybridized carbons (Fsp3) is 0.333. The minimum absolute atomic E-state index is 0.192. The lowest BCUT2D eigenvalue weighted by Gasteiger charge is -2.14. The third-order valence-electron chi connectivity index (χ3n) is 3.94. The normalized spacial score (nSPS) is 14.1. The Balaban J connectivity index is 1.81. The lowest BCUT2D eigenvalue weighted by molar-refractivity contribution is 0.302. The molecule has 1 aliphatic rings. The largest absolute Gasteiger partial charge is 0.465 e. The molecular weight excluding hydrogens is 333 g/mol. The summed E-state index contributed by atoms with van der Waals surface area (Å²) in [6.45, 7) is 0.192. The van der Waals surface area contributed by atoms with Crippen LogP contribution in [0.2, 0.25) is 0 Å². The maximum Gasteiger partial charge on any atom is 0.368 e. The highest BCUT2D eigenvalue weighted by Gasteiger charge is 2.29. The summed E-state index contributed by atoms with van der Waals surface area (Å²) in [5, 5.41) is 9.88. The Hall–Kier alpha value is -2.55. The van der Waals surface area contributed by atoms with Gasteiger partial charge in [0, 0.05) is 30.3 Å². The summed E-state index contributed by atoms with van der Waals surface area (Å²) in [6.07, 6.45) is 3.66. The number of nitrogens with zero attached hydrogens (tertiary/aromatic N) is 5. The smallest absolute Gasteiger partial charge is 0.368 e. The second-order valence-electron chi connectivity index (χ2n) is 5.65. The zero-order valence-corrected chi connectivity index (χ0v) is 13.7. The van der Waals surface area contributed by atoms with E-state index in [1.807, 2.05) is 5.38 Å². The van der Waals surface area contributed by atoms with Gasteiger partial charge in [0.25, 0.3) is 5.19 Å². The molecule has 124 valence electrons. The Kier molecular flexibility index (Phi) is 3.64. The molecule has 7 nitrogen and oxygen atoms in total. The van der Waals surface area contributed by atoms with Crippen molar-refractivity contribution in [3.8, 4) is 10.9 Å². The van der Waals surface area contributed by atoms with E-state index < -0.39 is 11.5 Å². The van der Waals surface area contributed by atoms with Crippen LogP contribution in [-0.2, 0) is 13.7 Å². The van der Waals surface area contributed by atoms with Gasteiger partial charge in [0.1, 0.15) is 12.4 Å². The third-order valence-corrected chi connectivity index (χ3v) is 4.62. The summed E-state index contributed by atoms with van der Waals surface area (Å²) in [7, 11) is 1.50. The number of halogens is 1. The molecule has 4 rings (SSSR count). The van der Waals surface area contributed by atoms with E-state index in [2.05, 4.69) is 15.4 Å². The average Bonchev–Trinajstić information content (AvgIpc) is 3.19. The fourth-order valence-corrected chi connectivity index (χ4v) is 3.11. The number of aromatic nitrogens is 5. The van der Waals surface area contributed by atoms with Crippen LogP contribution in [0.1, 0.15) is 29.9 Å². The predicted octanol–water partition coefficient (Wildman–Crippen LogP) is 2.02. The molecule has 1 saturated carbocycles. The average molecular weight is 347 g/mol. The molecule has 2 aromatic heterocycles. The standard InChI is InChI=1S/C15H14FN5O2S/c1-20-15(22)21(19-18-20)13-7-10(16)6-11(9-2-3-9)12(13)8-23-14-17-4-5-24-14/h4-7,9H,2-3,8H2,1H3. The van der Waals surface area contributed by atoms with Crippen LogP contribution in [0.5, 0.6) is 5.19 Å². The van der Waals surface area contributed by atoms with Crippen molar-refractivity contribution >= 4 is 11.3 Å². The summed E-state index contributed by atoms with van der Waals surface area (Å²) in [6, 6.07) is 2.81. The Bertz CT molecular complexity index is 930. The van der Waals surface area contributed by atoms with Gasteiger partial charge >= 0.3 is 5.69 Å². The van der Waals surface area contributed by atoms with Crippen LogP contribution in [0, 0.1) is 5.82 Å². The molecule has 3 aromatic rings. The first-order valence-electron chi connectivity index (χ1n) is 7.47. The van der Waals surface area contributed by atoms with E-state index in [1.165, 1.54) is 30.5 Å². The number of benzene rings is 1. The van der Waals surface area contributed by atoms with Crippen molar-refractivity contribution in [2.45, 2.75) is 25.4 Å². The second kappa shape index (κ2) is 5.82. The fourth-order valence-electron chi connectivity index (χ4n) is 2.63. The van der Waals surface area contributed by atoms with Gasteiger partial charge < -0.3 is 4.74 Å². The number of ether oxygens (including phenoxy) is 1. The summed E-state index contributed by atoms with van der Waals surface area (Å²) in [5.41, 5.74) is 1.54. The van der Waals surface area contributed by atoms with Gasteiger partial charge in [-0.3, -0.25) is 0 Å². The van der Waals surface area contributed by atoms with Crippen LogP contribution in [0.25, 0.3) is 5.69 Å². The van der Waals surface area contributed by atoms with Crippen molar-refractivity contribution in [2.75, 3.05) is 0 Å². The van der Waals surface area contributed by atoms with Gasteiger partial charge in [0.15, 0.2) is 0 Å². The lowest BCUT2D eigenvalue weighted by atomic mass is 10.0. The van der Waals surface area contributed by atoms with E-state index in [0.29, 0.717) is 16.8 Å². The maximum absolute atomic E-state index is 14.1. The van der Waals surface area contributed by atoms with Gasteiger partial charge in [0.2, 0.25) is 0 Å². The van der Waals surface area contributed by atoms with E-state index in [9.17, 15) is 9.18 Å². The molecule has 0 atom stereocenters. The Morgan fingerprint density at radius 2 is 2.21 bits per heavy atom. The van der Waals surface area contributed by atoms with Gasteiger partial charge in [-0.2, -0.15) is 9.36 Å². The highest BCUT2D eigenvalue weighted by atomic mass is 32.1. The molecule has 2 heterocycles. The first-order chi connectivity index (χ1) is 11.6. The molecular formula is C15H14FN5O2S. The van der Waals surface area contributed by atoms with Crippen LogP contribution in [0.4, 0.5) is 4.39 Å². The molecule has 0 spiro atoms. The van der Waals surface area contributed by atoms with Crippen molar-refractivity contribution < 1.29 is 9.13 Å². The van der Waals surface area contributed by atoms with Crippen molar-refractivity contribution in [2.24, 2.45) is 7.05 Å². The molecule has 1 aromatic carbocycles. The third kappa shape index (κ3) is 2.71. The van der Waals surface area contributed by atoms with Crippen molar-refractivity contribution in [3.63, 3.8) is 0 Å². The van der Waals surface area contributed by atoms with Crippen molar-refractivity contribution in [3.05, 3.63) is 51.1 Å². The van der Waals surface area contributed by atoms with Gasteiger partial charge in [-0.1, -0.05) is 11.3 Å². The summed E-state index contributed by atoms with van der Waals surface area (Å²) < 4.78 is 22.0. The zero-order valence-electron chi connectivity index (χ0n) is 12.8. The quantitative estimate of drug-likeness (QED) is 0.706. The Labute approximate surface area is 140 Å². The molecule has 0 amide bonds. The SMILES string of the molecule is Cn1nnn(-c2cc(F)cc(C3CC3)c2COc2nccs2)c1=O. The second-order valence-corrected chi connectivity index (χ2v) is 6.51. The summed E-state index contributed by atoms with van der Waals surface area (Å²) >= 11 is 1.38. The highest BCUT2D eigenvalue weighted by Crippen LogP contribution is 2.43. The molecule has 9 heteroatoms. The predicted molar refractivity (Wildman–Crippen MR) is 85.0 cm³/mol.